The second kappa shape index (κ2) is 5.44. The molecule has 0 radical (unpaired) electrons. The number of aromatic nitrogens is 4. The van der Waals surface area contributed by atoms with Crippen molar-refractivity contribution < 1.29 is 4.79 Å². The first kappa shape index (κ1) is 14.8. The van der Waals surface area contributed by atoms with Crippen LogP contribution in [0.25, 0.3) is 0 Å². The van der Waals surface area contributed by atoms with Crippen LogP contribution in [0.4, 0.5) is 0 Å². The van der Waals surface area contributed by atoms with E-state index in [1.54, 1.807) is 0 Å². The predicted molar refractivity (Wildman–Crippen MR) is 79.3 cm³/mol. The first-order chi connectivity index (χ1) is 9.32. The molecular formula is C14H20N4OS. The smallest absolute Gasteiger partial charge is 0.182 e. The number of nitrogens with zero attached hydrogens (tertiary/aromatic N) is 4. The van der Waals surface area contributed by atoms with Crippen molar-refractivity contribution in [2.75, 3.05) is 0 Å². The maximum atomic E-state index is 12.5. The SMILES string of the molecule is CCn1nc(C)cc1CC(=O)c1snnc1C(C)(C)C. The standard InChI is InChI=1S/C14H20N4OS/c1-6-18-10(7-9(2)16-18)8-11(19)12-13(14(3,4)5)15-17-20-12/h7H,6,8H2,1-5H3. The molecule has 5 nitrogen and oxygen atoms in total. The lowest BCUT2D eigenvalue weighted by atomic mass is 9.90. The zero-order valence-electron chi connectivity index (χ0n) is 12.6. The van der Waals surface area contributed by atoms with Gasteiger partial charge in [-0.2, -0.15) is 5.10 Å². The number of rotatable bonds is 4. The Kier molecular flexibility index (Phi) is 4.04. The molecule has 2 heterocycles. The van der Waals surface area contributed by atoms with Gasteiger partial charge < -0.3 is 0 Å². The first-order valence-corrected chi connectivity index (χ1v) is 7.49. The molecule has 0 atom stereocenters. The van der Waals surface area contributed by atoms with Gasteiger partial charge in [0.1, 0.15) is 4.88 Å². The molecule has 0 aliphatic heterocycles. The van der Waals surface area contributed by atoms with Crippen LogP contribution < -0.4 is 0 Å². The van der Waals surface area contributed by atoms with E-state index in [1.807, 2.05) is 45.4 Å². The van der Waals surface area contributed by atoms with Crippen molar-refractivity contribution in [2.45, 2.75) is 53.0 Å². The summed E-state index contributed by atoms with van der Waals surface area (Å²) >= 11 is 1.18. The van der Waals surface area contributed by atoms with Crippen LogP contribution in [0.2, 0.25) is 0 Å². The summed E-state index contributed by atoms with van der Waals surface area (Å²) in [6.07, 6.45) is 0.349. The predicted octanol–water partition coefficient (Wildman–Crippen LogP) is 2.79. The third-order valence-corrected chi connectivity index (χ3v) is 3.85. The monoisotopic (exact) mass is 292 g/mol. The van der Waals surface area contributed by atoms with E-state index in [2.05, 4.69) is 14.7 Å². The molecular weight excluding hydrogens is 272 g/mol. The van der Waals surface area contributed by atoms with Gasteiger partial charge in [0.25, 0.3) is 0 Å². The molecule has 0 unspecified atom stereocenters. The average Bonchev–Trinajstić information content (AvgIpc) is 2.94. The van der Waals surface area contributed by atoms with Crippen molar-refractivity contribution in [2.24, 2.45) is 0 Å². The van der Waals surface area contributed by atoms with Crippen LogP contribution in [-0.4, -0.2) is 25.2 Å². The van der Waals surface area contributed by atoms with Crippen LogP contribution in [0.3, 0.4) is 0 Å². The minimum atomic E-state index is -0.168. The third-order valence-electron chi connectivity index (χ3n) is 3.08. The highest BCUT2D eigenvalue weighted by atomic mass is 32.1. The fourth-order valence-electron chi connectivity index (χ4n) is 2.12. The molecule has 0 saturated heterocycles. The van der Waals surface area contributed by atoms with Gasteiger partial charge in [-0.25, -0.2) is 0 Å². The summed E-state index contributed by atoms with van der Waals surface area (Å²) in [6.45, 7) is 10.9. The van der Waals surface area contributed by atoms with Gasteiger partial charge in [0.2, 0.25) is 0 Å². The molecule has 0 aliphatic rings. The van der Waals surface area contributed by atoms with Gasteiger partial charge in [0.05, 0.1) is 17.8 Å². The van der Waals surface area contributed by atoms with E-state index in [0.29, 0.717) is 11.3 Å². The molecule has 0 aliphatic carbocycles. The number of carbonyl (C=O) groups excluding carboxylic acids is 1. The summed E-state index contributed by atoms with van der Waals surface area (Å²) in [7, 11) is 0. The maximum absolute atomic E-state index is 12.5. The largest absolute Gasteiger partial charge is 0.293 e. The molecule has 0 N–H and O–H groups in total. The molecule has 20 heavy (non-hydrogen) atoms. The molecule has 0 aromatic carbocycles. The van der Waals surface area contributed by atoms with E-state index in [0.717, 1.165) is 23.6 Å². The van der Waals surface area contributed by atoms with Crippen molar-refractivity contribution >= 4 is 17.3 Å². The Morgan fingerprint density at radius 2 is 2.10 bits per heavy atom. The van der Waals surface area contributed by atoms with Crippen molar-refractivity contribution in [3.8, 4) is 0 Å². The Labute approximate surface area is 123 Å². The minimum absolute atomic E-state index is 0.0690. The van der Waals surface area contributed by atoms with Crippen LogP contribution in [0, 0.1) is 6.92 Å². The normalized spacial score (nSPS) is 11.8. The zero-order valence-corrected chi connectivity index (χ0v) is 13.4. The molecule has 0 fully saturated rings. The van der Waals surface area contributed by atoms with E-state index < -0.39 is 0 Å². The Balaban J connectivity index is 2.27. The molecule has 2 rings (SSSR count). The van der Waals surface area contributed by atoms with Gasteiger partial charge in [-0.3, -0.25) is 9.48 Å². The molecule has 0 saturated carbocycles. The number of hydrogen-bond donors (Lipinski definition) is 0. The third kappa shape index (κ3) is 2.95. The molecule has 0 spiro atoms. The number of Topliss-reactive ketones (excluding diaryl/α,β-unsaturated/α-hetero) is 1. The van der Waals surface area contributed by atoms with Gasteiger partial charge in [-0.05, 0) is 31.4 Å². The lowest BCUT2D eigenvalue weighted by molar-refractivity contribution is 0.0992. The van der Waals surface area contributed by atoms with Crippen LogP contribution in [0.1, 0.15) is 54.4 Å². The topological polar surface area (TPSA) is 60.7 Å². The average molecular weight is 292 g/mol. The molecule has 108 valence electrons. The quantitative estimate of drug-likeness (QED) is 0.813. The fourth-order valence-corrected chi connectivity index (χ4v) is 2.94. The van der Waals surface area contributed by atoms with Crippen LogP contribution in [0.5, 0.6) is 0 Å². The van der Waals surface area contributed by atoms with E-state index in [1.165, 1.54) is 11.5 Å². The van der Waals surface area contributed by atoms with Gasteiger partial charge >= 0.3 is 0 Å². The van der Waals surface area contributed by atoms with Gasteiger partial charge in [-0.1, -0.05) is 25.3 Å². The number of aryl methyl sites for hydroxylation is 2. The van der Waals surface area contributed by atoms with Gasteiger partial charge in [0.15, 0.2) is 5.78 Å². The highest BCUT2D eigenvalue weighted by Gasteiger charge is 2.26. The number of carbonyl (C=O) groups is 1. The molecule has 6 heteroatoms. The van der Waals surface area contributed by atoms with E-state index in [4.69, 9.17) is 0 Å². The van der Waals surface area contributed by atoms with Crippen LogP contribution in [-0.2, 0) is 18.4 Å². The molecule has 2 aromatic rings. The lowest BCUT2D eigenvalue weighted by Crippen LogP contribution is -2.18. The second-order valence-electron chi connectivity index (χ2n) is 5.89. The summed E-state index contributed by atoms with van der Waals surface area (Å²) < 4.78 is 5.82. The summed E-state index contributed by atoms with van der Waals surface area (Å²) in [5.41, 5.74) is 2.50. The second-order valence-corrected chi connectivity index (χ2v) is 6.65. The highest BCUT2D eigenvalue weighted by Crippen LogP contribution is 2.26. The molecule has 2 aromatic heterocycles. The Hall–Kier alpha value is -1.56. The summed E-state index contributed by atoms with van der Waals surface area (Å²) in [4.78, 5) is 13.2. The van der Waals surface area contributed by atoms with Crippen LogP contribution in [0.15, 0.2) is 6.07 Å². The Morgan fingerprint density at radius 3 is 2.70 bits per heavy atom. The number of ketones is 1. The van der Waals surface area contributed by atoms with Gasteiger partial charge in [-0.15, -0.1) is 5.10 Å². The zero-order chi connectivity index (χ0) is 14.9. The van der Waals surface area contributed by atoms with E-state index >= 15 is 0 Å². The molecule has 0 bridgehead atoms. The Morgan fingerprint density at radius 1 is 1.40 bits per heavy atom. The minimum Gasteiger partial charge on any atom is -0.293 e. The Bertz CT molecular complexity index is 621. The summed E-state index contributed by atoms with van der Waals surface area (Å²) in [6, 6.07) is 1.96. The highest BCUT2D eigenvalue weighted by molar-refractivity contribution is 7.08. The maximum Gasteiger partial charge on any atom is 0.182 e. The lowest BCUT2D eigenvalue weighted by Gasteiger charge is -2.15. The fraction of sp³-hybridized carbons (Fsp3) is 0.571. The van der Waals surface area contributed by atoms with Crippen molar-refractivity contribution in [3.63, 3.8) is 0 Å². The van der Waals surface area contributed by atoms with E-state index in [9.17, 15) is 4.79 Å². The number of hydrogen-bond acceptors (Lipinski definition) is 5. The van der Waals surface area contributed by atoms with Gasteiger partial charge in [0, 0.05) is 17.7 Å². The van der Waals surface area contributed by atoms with Crippen molar-refractivity contribution in [1.29, 1.82) is 0 Å². The van der Waals surface area contributed by atoms with Crippen molar-refractivity contribution in [3.05, 3.63) is 28.0 Å². The first-order valence-electron chi connectivity index (χ1n) is 6.72. The summed E-state index contributed by atoms with van der Waals surface area (Å²) in [5.74, 6) is 0.0690. The molecule has 0 amide bonds. The summed E-state index contributed by atoms with van der Waals surface area (Å²) in [5, 5.41) is 8.49. The van der Waals surface area contributed by atoms with Crippen molar-refractivity contribution in [1.82, 2.24) is 19.4 Å². The van der Waals surface area contributed by atoms with Crippen LogP contribution >= 0.6 is 11.5 Å². The van der Waals surface area contributed by atoms with E-state index in [-0.39, 0.29) is 11.2 Å².